The van der Waals surface area contributed by atoms with Gasteiger partial charge in [0.05, 0.1) is 7.11 Å². The number of hydrogen-bond donors (Lipinski definition) is 0. The lowest BCUT2D eigenvalue weighted by atomic mass is 10.1. The lowest BCUT2D eigenvalue weighted by Gasteiger charge is -2.18. The molecule has 0 fully saturated rings. The molecule has 0 saturated heterocycles. The molecule has 2 heterocycles. The molecule has 0 aromatic heterocycles. The molecule has 0 atom stereocenters. The number of rotatable bonds is 5. The van der Waals surface area contributed by atoms with Crippen LogP contribution in [0.4, 0.5) is 0 Å². The van der Waals surface area contributed by atoms with Gasteiger partial charge in [-0.25, -0.2) is 9.79 Å². The lowest BCUT2D eigenvalue weighted by Crippen LogP contribution is -2.15. The Bertz CT molecular complexity index is 932. The Morgan fingerprint density at radius 1 is 1.07 bits per heavy atom. The molecule has 6 heteroatoms. The number of cyclic esters (lactones) is 1. The van der Waals surface area contributed by atoms with Crippen LogP contribution in [-0.4, -0.2) is 32.2 Å². The third kappa shape index (κ3) is 3.79. The summed E-state index contributed by atoms with van der Waals surface area (Å²) in [5.74, 6) is 2.16. The van der Waals surface area contributed by atoms with Crippen molar-refractivity contribution in [2.45, 2.75) is 12.8 Å². The molecule has 0 spiro atoms. The third-order valence-corrected chi connectivity index (χ3v) is 4.34. The van der Waals surface area contributed by atoms with Gasteiger partial charge in [-0.3, -0.25) is 0 Å². The molecule has 0 bridgehead atoms. The molecule has 2 aliphatic heterocycles. The predicted molar refractivity (Wildman–Crippen MR) is 100 cm³/mol. The highest BCUT2D eigenvalue weighted by atomic mass is 16.6. The molecule has 0 saturated carbocycles. The topological polar surface area (TPSA) is 66.3 Å². The Hall–Kier alpha value is -3.28. The average Bonchev–Trinajstić information content (AvgIpc) is 3.05. The highest BCUT2D eigenvalue weighted by molar-refractivity contribution is 6.07. The van der Waals surface area contributed by atoms with Crippen LogP contribution in [-0.2, 0) is 16.0 Å². The summed E-state index contributed by atoms with van der Waals surface area (Å²) in [7, 11) is 1.64. The monoisotopic (exact) mass is 365 g/mol. The zero-order chi connectivity index (χ0) is 18.6. The number of aryl methyl sites for hydroxylation is 1. The number of nitrogens with zero attached hydrogens (tertiary/aromatic N) is 1. The molecule has 27 heavy (non-hydrogen) atoms. The zero-order valence-corrected chi connectivity index (χ0v) is 14.9. The van der Waals surface area contributed by atoms with Crippen LogP contribution in [0, 0.1) is 0 Å². The van der Waals surface area contributed by atoms with Gasteiger partial charge >= 0.3 is 5.97 Å². The van der Waals surface area contributed by atoms with Gasteiger partial charge in [0.2, 0.25) is 0 Å². The normalized spacial score (nSPS) is 16.9. The van der Waals surface area contributed by atoms with E-state index in [0.717, 1.165) is 16.9 Å². The first kappa shape index (κ1) is 17.1. The summed E-state index contributed by atoms with van der Waals surface area (Å²) in [4.78, 5) is 16.5. The van der Waals surface area contributed by atoms with Crippen LogP contribution in [0.5, 0.6) is 17.2 Å². The Balaban J connectivity index is 1.48. The molecule has 2 aliphatic rings. The second-order valence-electron chi connectivity index (χ2n) is 6.14. The van der Waals surface area contributed by atoms with Crippen molar-refractivity contribution >= 4 is 17.9 Å². The van der Waals surface area contributed by atoms with Crippen molar-refractivity contribution in [2.75, 3.05) is 20.3 Å². The van der Waals surface area contributed by atoms with E-state index in [2.05, 4.69) is 4.99 Å². The van der Waals surface area contributed by atoms with E-state index in [1.165, 1.54) is 0 Å². The van der Waals surface area contributed by atoms with Crippen molar-refractivity contribution in [1.82, 2.24) is 0 Å². The molecule has 2 aromatic rings. The van der Waals surface area contributed by atoms with Crippen molar-refractivity contribution < 1.29 is 23.7 Å². The van der Waals surface area contributed by atoms with E-state index in [-0.39, 0.29) is 5.70 Å². The van der Waals surface area contributed by atoms with Crippen molar-refractivity contribution in [3.8, 4) is 17.2 Å². The smallest absolute Gasteiger partial charge is 0.363 e. The number of methoxy groups -OCH3 is 1. The highest BCUT2D eigenvalue weighted by Crippen LogP contribution is 2.32. The van der Waals surface area contributed by atoms with E-state index in [0.29, 0.717) is 43.5 Å². The van der Waals surface area contributed by atoms with Crippen molar-refractivity contribution in [3.05, 3.63) is 59.3 Å². The first-order chi connectivity index (χ1) is 13.2. The Morgan fingerprint density at radius 3 is 2.74 bits per heavy atom. The SMILES string of the molecule is COc1ccccc1CCC1=N/C(=C/c2ccc3c(c2)OCCO3)C(=O)O1. The number of esters is 1. The number of fused-ring (bicyclic) bond motifs is 1. The maximum absolute atomic E-state index is 12.1. The van der Waals surface area contributed by atoms with Crippen LogP contribution in [0.3, 0.4) is 0 Å². The number of benzene rings is 2. The quantitative estimate of drug-likeness (QED) is 0.600. The molecule has 0 N–H and O–H groups in total. The number of aliphatic imine (C=N–C) groups is 1. The van der Waals surface area contributed by atoms with Gasteiger partial charge in [-0.05, 0) is 41.8 Å². The number of carbonyl (C=O) groups is 1. The van der Waals surface area contributed by atoms with Gasteiger partial charge in [-0.15, -0.1) is 0 Å². The van der Waals surface area contributed by atoms with E-state index >= 15 is 0 Å². The van der Waals surface area contributed by atoms with E-state index in [1.54, 1.807) is 13.2 Å². The molecule has 0 aliphatic carbocycles. The number of ether oxygens (including phenoxy) is 4. The molecule has 0 radical (unpaired) electrons. The van der Waals surface area contributed by atoms with Crippen LogP contribution in [0.2, 0.25) is 0 Å². The maximum Gasteiger partial charge on any atom is 0.363 e. The largest absolute Gasteiger partial charge is 0.496 e. The van der Waals surface area contributed by atoms with Crippen molar-refractivity contribution in [3.63, 3.8) is 0 Å². The molecule has 0 unspecified atom stereocenters. The van der Waals surface area contributed by atoms with Gasteiger partial charge in [0.25, 0.3) is 0 Å². The van der Waals surface area contributed by atoms with Gasteiger partial charge in [-0.2, -0.15) is 0 Å². The van der Waals surface area contributed by atoms with E-state index in [9.17, 15) is 4.79 Å². The molecule has 6 nitrogen and oxygen atoms in total. The van der Waals surface area contributed by atoms with Crippen LogP contribution in [0.15, 0.2) is 53.2 Å². The summed E-state index contributed by atoms with van der Waals surface area (Å²) >= 11 is 0. The van der Waals surface area contributed by atoms with Gasteiger partial charge in [-0.1, -0.05) is 24.3 Å². The van der Waals surface area contributed by atoms with Crippen molar-refractivity contribution in [1.29, 1.82) is 0 Å². The van der Waals surface area contributed by atoms with Crippen LogP contribution >= 0.6 is 0 Å². The summed E-state index contributed by atoms with van der Waals surface area (Å²) in [6.07, 6.45) is 2.88. The van der Waals surface area contributed by atoms with Gasteiger partial charge in [0.15, 0.2) is 23.1 Å². The van der Waals surface area contributed by atoms with E-state index in [4.69, 9.17) is 18.9 Å². The molecule has 4 rings (SSSR count). The first-order valence-electron chi connectivity index (χ1n) is 8.76. The van der Waals surface area contributed by atoms with Crippen LogP contribution in [0.25, 0.3) is 6.08 Å². The Kier molecular flexibility index (Phi) is 4.78. The van der Waals surface area contributed by atoms with Gasteiger partial charge in [0, 0.05) is 6.42 Å². The highest BCUT2D eigenvalue weighted by Gasteiger charge is 2.23. The molecule has 0 amide bonds. The standard InChI is InChI=1S/C21H19NO5/c1-24-17-5-3-2-4-15(17)7-9-20-22-16(21(23)27-20)12-14-6-8-18-19(13-14)26-11-10-25-18/h2-6,8,12-13H,7,9-11H2,1H3/b16-12+. The van der Waals surface area contributed by atoms with Gasteiger partial charge in [0.1, 0.15) is 19.0 Å². The average molecular weight is 365 g/mol. The fourth-order valence-corrected chi connectivity index (χ4v) is 3.02. The van der Waals surface area contributed by atoms with Crippen molar-refractivity contribution in [2.24, 2.45) is 4.99 Å². The summed E-state index contributed by atoms with van der Waals surface area (Å²) in [5.41, 5.74) is 2.13. The number of carbonyl (C=O) groups excluding carboxylic acids is 1. The zero-order valence-electron chi connectivity index (χ0n) is 14.9. The second-order valence-corrected chi connectivity index (χ2v) is 6.14. The molecular weight excluding hydrogens is 346 g/mol. The molecule has 138 valence electrons. The first-order valence-corrected chi connectivity index (χ1v) is 8.76. The summed E-state index contributed by atoms with van der Waals surface area (Å²) in [5, 5.41) is 0. The minimum atomic E-state index is -0.445. The number of para-hydroxylation sites is 1. The molecule has 2 aromatic carbocycles. The van der Waals surface area contributed by atoms with Gasteiger partial charge < -0.3 is 18.9 Å². The Morgan fingerprint density at radius 2 is 1.89 bits per heavy atom. The fraction of sp³-hybridized carbons (Fsp3) is 0.238. The maximum atomic E-state index is 12.1. The lowest BCUT2D eigenvalue weighted by molar-refractivity contribution is -0.130. The van der Waals surface area contributed by atoms with E-state index < -0.39 is 5.97 Å². The number of hydrogen-bond acceptors (Lipinski definition) is 6. The summed E-state index contributed by atoms with van der Waals surface area (Å²) in [6, 6.07) is 13.3. The fourth-order valence-electron chi connectivity index (χ4n) is 3.02. The van der Waals surface area contributed by atoms with Crippen LogP contribution in [0.1, 0.15) is 17.5 Å². The van der Waals surface area contributed by atoms with E-state index in [1.807, 2.05) is 42.5 Å². The predicted octanol–water partition coefficient (Wildman–Crippen LogP) is 3.40. The second kappa shape index (κ2) is 7.53. The minimum absolute atomic E-state index is 0.279. The van der Waals surface area contributed by atoms with Crippen LogP contribution < -0.4 is 14.2 Å². The molecular formula is C21H19NO5. The minimum Gasteiger partial charge on any atom is -0.496 e. The Labute approximate surface area is 157 Å². The summed E-state index contributed by atoms with van der Waals surface area (Å²) < 4.78 is 21.7. The third-order valence-electron chi connectivity index (χ3n) is 4.34. The summed E-state index contributed by atoms with van der Waals surface area (Å²) in [6.45, 7) is 1.06.